The van der Waals surface area contributed by atoms with Gasteiger partial charge in [-0.3, -0.25) is 19.4 Å². The Morgan fingerprint density at radius 2 is 1.59 bits per heavy atom. The number of hydrogen-bond donors (Lipinski definition) is 8. The van der Waals surface area contributed by atoms with Crippen molar-refractivity contribution >= 4 is 29.7 Å². The minimum atomic E-state index is -1.26. The smallest absolute Gasteiger partial charge is 0.326 e. The van der Waals surface area contributed by atoms with Crippen molar-refractivity contribution in [2.75, 3.05) is 19.6 Å². The van der Waals surface area contributed by atoms with Gasteiger partial charge in [0.05, 0.1) is 13.1 Å². The number of phenols is 1. The number of phenolic OH excluding ortho intramolecular Hbond substituents is 1. The van der Waals surface area contributed by atoms with Gasteiger partial charge in [-0.15, -0.1) is 0 Å². The normalized spacial score (nSPS) is 11.4. The standard InChI is InChI=1S/C19H29N7O6.2H2O/c20-9-15(28)24-10-16(29)25-14(8-11-3-5-12(27)6-4-11)17(30)26-13(18(31)32)2-1-7-23-19(21)22;;/h3-6,13-14,27H,1-2,7-10,20H2,(H,24,28)(H,25,29)(H,26,30)(H,31,32)(H4,21,22,23);2*1H2/t13-,14-;;/m0../s1. The predicted molar refractivity (Wildman–Crippen MR) is 123 cm³/mol. The summed E-state index contributed by atoms with van der Waals surface area (Å²) in [5, 5.41) is 26.0. The zero-order valence-corrected chi connectivity index (χ0v) is 18.4. The van der Waals surface area contributed by atoms with Gasteiger partial charge in [0.1, 0.15) is 17.8 Å². The van der Waals surface area contributed by atoms with Crippen LogP contribution in [0.1, 0.15) is 18.4 Å². The molecule has 0 aliphatic rings. The van der Waals surface area contributed by atoms with Crippen molar-refractivity contribution in [1.82, 2.24) is 16.0 Å². The minimum Gasteiger partial charge on any atom is -0.508 e. The lowest BCUT2D eigenvalue weighted by Crippen LogP contribution is -2.54. The van der Waals surface area contributed by atoms with Crippen molar-refractivity contribution in [3.05, 3.63) is 29.8 Å². The molecule has 1 aromatic rings. The molecule has 0 aliphatic heterocycles. The van der Waals surface area contributed by atoms with Gasteiger partial charge in [-0.1, -0.05) is 12.1 Å². The molecule has 2 atom stereocenters. The Hall–Kier alpha value is -3.95. The number of nitrogens with two attached hydrogens (primary N) is 3. The van der Waals surface area contributed by atoms with Gasteiger partial charge in [-0.05, 0) is 30.5 Å². The molecule has 34 heavy (non-hydrogen) atoms. The zero-order chi connectivity index (χ0) is 24.1. The summed E-state index contributed by atoms with van der Waals surface area (Å²) in [6, 6.07) is 3.58. The molecule has 0 spiro atoms. The number of rotatable bonds is 13. The van der Waals surface area contributed by atoms with Gasteiger partial charge < -0.3 is 54.3 Å². The Morgan fingerprint density at radius 1 is 0.971 bits per heavy atom. The largest absolute Gasteiger partial charge is 0.508 e. The van der Waals surface area contributed by atoms with E-state index in [1.807, 2.05) is 0 Å². The number of aliphatic imine (C=N–C) groups is 1. The van der Waals surface area contributed by atoms with Gasteiger partial charge in [-0.2, -0.15) is 0 Å². The first kappa shape index (κ1) is 32.2. The number of amides is 3. The summed E-state index contributed by atoms with van der Waals surface area (Å²) >= 11 is 0. The molecule has 15 N–H and O–H groups in total. The first-order chi connectivity index (χ1) is 15.1. The molecule has 0 aliphatic carbocycles. The highest BCUT2D eigenvalue weighted by atomic mass is 16.4. The van der Waals surface area contributed by atoms with Crippen molar-refractivity contribution < 1.29 is 40.3 Å². The minimum absolute atomic E-state index is 0. The highest BCUT2D eigenvalue weighted by molar-refractivity contribution is 5.92. The van der Waals surface area contributed by atoms with E-state index < -0.39 is 42.3 Å². The molecule has 15 nitrogen and oxygen atoms in total. The maximum absolute atomic E-state index is 12.8. The molecule has 0 fully saturated rings. The fourth-order valence-electron chi connectivity index (χ4n) is 2.61. The third kappa shape index (κ3) is 12.8. The van der Waals surface area contributed by atoms with Crippen molar-refractivity contribution in [3.63, 3.8) is 0 Å². The number of guanidine groups is 1. The van der Waals surface area contributed by atoms with E-state index in [-0.39, 0.29) is 48.6 Å². The third-order valence-corrected chi connectivity index (χ3v) is 4.22. The zero-order valence-electron chi connectivity index (χ0n) is 18.4. The van der Waals surface area contributed by atoms with E-state index in [2.05, 4.69) is 20.9 Å². The number of nitrogens with zero attached hydrogens (tertiary/aromatic N) is 1. The SMILES string of the molecule is NCC(=O)NCC(=O)N[C@@H](Cc1ccc(O)cc1)C(=O)N[C@@H](CCCN=C(N)N)C(=O)O.O.O. The summed E-state index contributed by atoms with van der Waals surface area (Å²) in [5.41, 5.74) is 16.2. The predicted octanol–water partition coefficient (Wildman–Crippen LogP) is -4.53. The lowest BCUT2D eigenvalue weighted by atomic mass is 10.0. The Labute approximate surface area is 195 Å². The third-order valence-electron chi connectivity index (χ3n) is 4.22. The molecule has 0 saturated heterocycles. The van der Waals surface area contributed by atoms with Gasteiger partial charge in [-0.25, -0.2) is 4.79 Å². The lowest BCUT2D eigenvalue weighted by Gasteiger charge is -2.22. The fourth-order valence-corrected chi connectivity index (χ4v) is 2.61. The van der Waals surface area contributed by atoms with Crippen molar-refractivity contribution in [2.45, 2.75) is 31.3 Å². The average Bonchev–Trinajstić information content (AvgIpc) is 2.74. The highest BCUT2D eigenvalue weighted by Gasteiger charge is 2.26. The molecule has 0 aromatic heterocycles. The fraction of sp³-hybridized carbons (Fsp3) is 0.421. The first-order valence-corrected chi connectivity index (χ1v) is 9.75. The molecular weight excluding hydrogens is 454 g/mol. The number of aliphatic carboxylic acids is 1. The number of carbonyl (C=O) groups excluding carboxylic acids is 3. The maximum atomic E-state index is 12.8. The topological polar surface area (TPSA) is 298 Å². The van der Waals surface area contributed by atoms with Crippen LogP contribution in [0.2, 0.25) is 0 Å². The average molecular weight is 488 g/mol. The summed E-state index contributed by atoms with van der Waals surface area (Å²) in [7, 11) is 0. The van der Waals surface area contributed by atoms with E-state index in [9.17, 15) is 29.4 Å². The Bertz CT molecular complexity index is 828. The van der Waals surface area contributed by atoms with Crippen LogP contribution in [0.3, 0.4) is 0 Å². The number of nitrogens with one attached hydrogen (secondary N) is 3. The van der Waals surface area contributed by atoms with Gasteiger partial charge in [0.15, 0.2) is 5.96 Å². The van der Waals surface area contributed by atoms with Crippen LogP contribution in [-0.4, -0.2) is 82.5 Å². The number of carboxylic acids is 1. The molecule has 0 bridgehead atoms. The van der Waals surface area contributed by atoms with Crippen LogP contribution in [0.15, 0.2) is 29.3 Å². The van der Waals surface area contributed by atoms with E-state index >= 15 is 0 Å². The second kappa shape index (κ2) is 16.7. The van der Waals surface area contributed by atoms with Crippen LogP contribution in [0.5, 0.6) is 5.75 Å². The quantitative estimate of drug-likeness (QED) is 0.0753. The first-order valence-electron chi connectivity index (χ1n) is 9.75. The molecule has 1 rings (SSSR count). The number of carboxylic acid groups (broad SMARTS) is 1. The van der Waals surface area contributed by atoms with Crippen LogP contribution in [0.25, 0.3) is 0 Å². The maximum Gasteiger partial charge on any atom is 0.326 e. The molecule has 192 valence electrons. The van der Waals surface area contributed by atoms with Gasteiger partial charge in [0, 0.05) is 13.0 Å². The highest BCUT2D eigenvalue weighted by Crippen LogP contribution is 2.12. The number of hydrogen-bond acceptors (Lipinski definition) is 7. The van der Waals surface area contributed by atoms with E-state index in [0.717, 1.165) is 0 Å². The Balaban J connectivity index is 0. The monoisotopic (exact) mass is 487 g/mol. The summed E-state index contributed by atoms with van der Waals surface area (Å²) < 4.78 is 0. The van der Waals surface area contributed by atoms with Crippen LogP contribution in [0.4, 0.5) is 0 Å². The molecule has 1 aromatic carbocycles. The number of benzene rings is 1. The van der Waals surface area contributed by atoms with Crippen LogP contribution >= 0.6 is 0 Å². The summed E-state index contributed by atoms with van der Waals surface area (Å²) in [5.74, 6) is -3.30. The van der Waals surface area contributed by atoms with E-state index in [1.54, 1.807) is 12.1 Å². The van der Waals surface area contributed by atoms with Crippen molar-refractivity contribution in [3.8, 4) is 5.75 Å². The second-order valence-corrected chi connectivity index (χ2v) is 6.82. The second-order valence-electron chi connectivity index (χ2n) is 6.82. The van der Waals surface area contributed by atoms with Crippen LogP contribution < -0.4 is 33.2 Å². The molecular formula is C19H33N7O8. The van der Waals surface area contributed by atoms with Crippen molar-refractivity contribution in [1.29, 1.82) is 0 Å². The van der Waals surface area contributed by atoms with Gasteiger partial charge >= 0.3 is 5.97 Å². The summed E-state index contributed by atoms with van der Waals surface area (Å²) in [4.78, 5) is 51.5. The number of aromatic hydroxyl groups is 1. The van der Waals surface area contributed by atoms with Crippen molar-refractivity contribution in [2.24, 2.45) is 22.2 Å². The summed E-state index contributed by atoms with van der Waals surface area (Å²) in [6.45, 7) is -0.516. The lowest BCUT2D eigenvalue weighted by molar-refractivity contribution is -0.142. The molecule has 0 radical (unpaired) electrons. The van der Waals surface area contributed by atoms with E-state index in [1.165, 1.54) is 12.1 Å². The molecule has 0 saturated carbocycles. The van der Waals surface area contributed by atoms with E-state index in [0.29, 0.717) is 12.0 Å². The summed E-state index contributed by atoms with van der Waals surface area (Å²) in [6.07, 6.45) is 0.378. The van der Waals surface area contributed by atoms with Gasteiger partial charge in [0.25, 0.3) is 0 Å². The van der Waals surface area contributed by atoms with Crippen LogP contribution in [-0.2, 0) is 25.6 Å². The van der Waals surface area contributed by atoms with Crippen LogP contribution in [0, 0.1) is 0 Å². The van der Waals surface area contributed by atoms with Gasteiger partial charge in [0.2, 0.25) is 17.7 Å². The molecule has 0 heterocycles. The Morgan fingerprint density at radius 3 is 2.12 bits per heavy atom. The van der Waals surface area contributed by atoms with E-state index in [4.69, 9.17) is 17.2 Å². The molecule has 15 heteroatoms. The molecule has 0 unspecified atom stereocenters. The molecule has 3 amide bonds. The number of carbonyl (C=O) groups is 4. The Kier molecular flexibility index (Phi) is 15.8.